The summed E-state index contributed by atoms with van der Waals surface area (Å²) in [6.07, 6.45) is 1.70. The second-order valence-electron chi connectivity index (χ2n) is 3.74. The molecular weight excluding hydrogens is 327 g/mol. The van der Waals surface area contributed by atoms with Gasteiger partial charge in [-0.25, -0.2) is 0 Å². The molecule has 2 N–H and O–H groups in total. The van der Waals surface area contributed by atoms with Crippen LogP contribution in [-0.4, -0.2) is 4.98 Å². The second-order valence-corrected chi connectivity index (χ2v) is 4.90. The molecular formula is C13H13IN2O. The molecule has 2 aromatic rings. The van der Waals surface area contributed by atoms with Crippen molar-refractivity contribution in [3.63, 3.8) is 0 Å². The summed E-state index contributed by atoms with van der Waals surface area (Å²) in [7, 11) is 0. The SMILES string of the molecule is CC(N)c1ccc(Oc2ccccc2I)cn1. The lowest BCUT2D eigenvalue weighted by Crippen LogP contribution is -2.06. The lowest BCUT2D eigenvalue weighted by Gasteiger charge is -2.08. The third-order valence-electron chi connectivity index (χ3n) is 2.29. The molecule has 0 aliphatic heterocycles. The van der Waals surface area contributed by atoms with Gasteiger partial charge in [-0.3, -0.25) is 4.98 Å². The summed E-state index contributed by atoms with van der Waals surface area (Å²) >= 11 is 2.24. The van der Waals surface area contributed by atoms with Crippen LogP contribution in [0.5, 0.6) is 11.5 Å². The highest BCUT2D eigenvalue weighted by molar-refractivity contribution is 14.1. The lowest BCUT2D eigenvalue weighted by atomic mass is 10.2. The molecule has 4 heteroatoms. The molecule has 3 nitrogen and oxygen atoms in total. The van der Waals surface area contributed by atoms with Crippen LogP contribution in [0, 0.1) is 3.57 Å². The highest BCUT2D eigenvalue weighted by atomic mass is 127. The summed E-state index contributed by atoms with van der Waals surface area (Å²) in [5.41, 5.74) is 6.60. The fourth-order valence-electron chi connectivity index (χ4n) is 1.38. The number of pyridine rings is 1. The van der Waals surface area contributed by atoms with Gasteiger partial charge in [0.1, 0.15) is 11.5 Å². The molecule has 0 saturated heterocycles. The first kappa shape index (κ1) is 12.3. The Morgan fingerprint density at radius 2 is 2.00 bits per heavy atom. The van der Waals surface area contributed by atoms with Gasteiger partial charge in [0.2, 0.25) is 0 Å². The van der Waals surface area contributed by atoms with E-state index in [1.807, 2.05) is 43.3 Å². The van der Waals surface area contributed by atoms with Crippen molar-refractivity contribution in [1.82, 2.24) is 4.98 Å². The minimum Gasteiger partial charge on any atom is -0.455 e. The van der Waals surface area contributed by atoms with Crippen molar-refractivity contribution in [2.45, 2.75) is 13.0 Å². The fraction of sp³-hybridized carbons (Fsp3) is 0.154. The van der Waals surface area contributed by atoms with Gasteiger partial charge in [0, 0.05) is 6.04 Å². The molecule has 1 unspecified atom stereocenters. The van der Waals surface area contributed by atoms with Crippen LogP contribution in [-0.2, 0) is 0 Å². The molecule has 0 amide bonds. The van der Waals surface area contributed by atoms with Gasteiger partial charge in [0.15, 0.2) is 0 Å². The maximum Gasteiger partial charge on any atom is 0.145 e. The topological polar surface area (TPSA) is 48.1 Å². The fourth-order valence-corrected chi connectivity index (χ4v) is 1.87. The zero-order valence-electron chi connectivity index (χ0n) is 9.43. The Balaban J connectivity index is 2.17. The number of ether oxygens (including phenoxy) is 1. The number of para-hydroxylation sites is 1. The summed E-state index contributed by atoms with van der Waals surface area (Å²) in [5, 5.41) is 0. The van der Waals surface area contributed by atoms with Gasteiger partial charge in [-0.05, 0) is 53.8 Å². The predicted molar refractivity (Wildman–Crippen MR) is 76.1 cm³/mol. The van der Waals surface area contributed by atoms with Gasteiger partial charge >= 0.3 is 0 Å². The van der Waals surface area contributed by atoms with Gasteiger partial charge in [-0.15, -0.1) is 0 Å². The monoisotopic (exact) mass is 340 g/mol. The minimum absolute atomic E-state index is 0.0547. The van der Waals surface area contributed by atoms with Crippen molar-refractivity contribution < 1.29 is 4.74 Å². The van der Waals surface area contributed by atoms with Gasteiger partial charge in [0.05, 0.1) is 15.5 Å². The Kier molecular flexibility index (Phi) is 3.96. The Morgan fingerprint density at radius 1 is 1.24 bits per heavy atom. The summed E-state index contributed by atoms with van der Waals surface area (Å²) in [4.78, 5) is 4.25. The van der Waals surface area contributed by atoms with Crippen LogP contribution in [0.25, 0.3) is 0 Å². The zero-order chi connectivity index (χ0) is 12.3. The smallest absolute Gasteiger partial charge is 0.145 e. The standard InChI is InChI=1S/C13H13IN2O/c1-9(15)12-7-6-10(8-16-12)17-13-5-3-2-4-11(13)14/h2-9H,15H2,1H3. The minimum atomic E-state index is -0.0547. The first-order valence-corrected chi connectivity index (χ1v) is 6.38. The Labute approximate surface area is 114 Å². The van der Waals surface area contributed by atoms with E-state index in [1.54, 1.807) is 6.20 Å². The molecule has 0 aliphatic carbocycles. The molecule has 1 aromatic carbocycles. The van der Waals surface area contributed by atoms with E-state index in [9.17, 15) is 0 Å². The van der Waals surface area contributed by atoms with E-state index in [1.165, 1.54) is 0 Å². The number of halogens is 1. The molecule has 1 heterocycles. The third kappa shape index (κ3) is 3.17. The number of nitrogens with zero attached hydrogens (tertiary/aromatic N) is 1. The molecule has 1 aromatic heterocycles. The number of nitrogens with two attached hydrogens (primary N) is 1. The molecule has 0 aliphatic rings. The maximum absolute atomic E-state index is 5.74. The predicted octanol–water partition coefficient (Wildman–Crippen LogP) is 3.50. The van der Waals surface area contributed by atoms with Crippen LogP contribution in [0.4, 0.5) is 0 Å². The second kappa shape index (κ2) is 5.46. The van der Waals surface area contributed by atoms with Crippen LogP contribution in [0.3, 0.4) is 0 Å². The highest BCUT2D eigenvalue weighted by Gasteiger charge is 2.04. The molecule has 0 bridgehead atoms. The number of aromatic nitrogens is 1. The molecule has 2 rings (SSSR count). The summed E-state index contributed by atoms with van der Waals surface area (Å²) < 4.78 is 6.80. The molecule has 88 valence electrons. The number of benzene rings is 1. The Hall–Kier alpha value is -1.14. The maximum atomic E-state index is 5.74. The normalized spacial score (nSPS) is 12.2. The van der Waals surface area contributed by atoms with E-state index < -0.39 is 0 Å². The average molecular weight is 340 g/mol. The van der Waals surface area contributed by atoms with Crippen molar-refractivity contribution in [3.05, 3.63) is 51.9 Å². The number of hydrogen-bond acceptors (Lipinski definition) is 3. The molecule has 17 heavy (non-hydrogen) atoms. The van der Waals surface area contributed by atoms with Crippen LogP contribution >= 0.6 is 22.6 Å². The quantitative estimate of drug-likeness (QED) is 0.870. The van der Waals surface area contributed by atoms with E-state index in [0.717, 1.165) is 20.8 Å². The first-order valence-electron chi connectivity index (χ1n) is 5.31. The molecule has 1 atom stereocenters. The van der Waals surface area contributed by atoms with Gasteiger partial charge in [-0.1, -0.05) is 12.1 Å². The van der Waals surface area contributed by atoms with E-state index in [-0.39, 0.29) is 6.04 Å². The van der Waals surface area contributed by atoms with Gasteiger partial charge < -0.3 is 10.5 Å². The summed E-state index contributed by atoms with van der Waals surface area (Å²) in [6, 6.07) is 11.6. The molecule has 0 radical (unpaired) electrons. The van der Waals surface area contributed by atoms with Gasteiger partial charge in [-0.2, -0.15) is 0 Å². The van der Waals surface area contributed by atoms with Gasteiger partial charge in [0.25, 0.3) is 0 Å². The first-order chi connectivity index (χ1) is 8.16. The summed E-state index contributed by atoms with van der Waals surface area (Å²) in [5.74, 6) is 1.56. The van der Waals surface area contributed by atoms with E-state index in [0.29, 0.717) is 0 Å². The zero-order valence-corrected chi connectivity index (χ0v) is 11.6. The Bertz CT molecular complexity index is 497. The van der Waals surface area contributed by atoms with Crippen molar-refractivity contribution in [1.29, 1.82) is 0 Å². The average Bonchev–Trinajstić information content (AvgIpc) is 2.33. The highest BCUT2D eigenvalue weighted by Crippen LogP contribution is 2.26. The lowest BCUT2D eigenvalue weighted by molar-refractivity contribution is 0.476. The van der Waals surface area contributed by atoms with Crippen molar-refractivity contribution >= 4 is 22.6 Å². The number of hydrogen-bond donors (Lipinski definition) is 1. The van der Waals surface area contributed by atoms with Crippen LogP contribution in [0.1, 0.15) is 18.7 Å². The van der Waals surface area contributed by atoms with Crippen LogP contribution in [0.2, 0.25) is 0 Å². The number of rotatable bonds is 3. The van der Waals surface area contributed by atoms with Crippen molar-refractivity contribution in [2.75, 3.05) is 0 Å². The van der Waals surface area contributed by atoms with Crippen LogP contribution < -0.4 is 10.5 Å². The summed E-state index contributed by atoms with van der Waals surface area (Å²) in [6.45, 7) is 1.91. The Morgan fingerprint density at radius 3 is 2.59 bits per heavy atom. The third-order valence-corrected chi connectivity index (χ3v) is 3.18. The van der Waals surface area contributed by atoms with E-state index in [2.05, 4.69) is 27.6 Å². The largest absolute Gasteiger partial charge is 0.455 e. The molecule has 0 saturated carbocycles. The van der Waals surface area contributed by atoms with E-state index in [4.69, 9.17) is 10.5 Å². The molecule has 0 fully saturated rings. The van der Waals surface area contributed by atoms with Crippen molar-refractivity contribution in [2.24, 2.45) is 5.73 Å². The van der Waals surface area contributed by atoms with Crippen molar-refractivity contribution in [3.8, 4) is 11.5 Å². The van der Waals surface area contributed by atoms with Crippen LogP contribution in [0.15, 0.2) is 42.6 Å². The van der Waals surface area contributed by atoms with E-state index >= 15 is 0 Å². The molecule has 0 spiro atoms.